The van der Waals surface area contributed by atoms with E-state index in [-0.39, 0.29) is 5.92 Å². The molecule has 0 N–H and O–H groups in total. The fraction of sp³-hybridized carbons (Fsp3) is 0.250. The zero-order chi connectivity index (χ0) is 11.3. The summed E-state index contributed by atoms with van der Waals surface area (Å²) >= 11 is 0. The number of methoxy groups -OCH3 is 1. The largest absolute Gasteiger partial charge is 0.497 e. The van der Waals surface area contributed by atoms with Gasteiger partial charge in [-0.2, -0.15) is 0 Å². The molecule has 0 aromatic heterocycles. The summed E-state index contributed by atoms with van der Waals surface area (Å²) < 4.78 is 4.99. The van der Waals surface area contributed by atoms with E-state index in [9.17, 15) is 9.59 Å². The lowest BCUT2D eigenvalue weighted by Gasteiger charge is -2.13. The molecule has 0 radical (unpaired) electrons. The van der Waals surface area contributed by atoms with Gasteiger partial charge in [-0.05, 0) is 24.6 Å². The summed E-state index contributed by atoms with van der Waals surface area (Å²) in [4.78, 5) is 21.1. The van der Waals surface area contributed by atoms with Crippen LogP contribution in [0.15, 0.2) is 41.2 Å². The second kappa shape index (κ2) is 5.13. The number of aldehydes is 1. The Morgan fingerprint density at radius 2 is 2.33 bits per heavy atom. The van der Waals surface area contributed by atoms with E-state index in [1.165, 1.54) is 7.11 Å². The standard InChI is InChI=1S/C12H12O3/c1-9(7-13)5-10-3-4-12(15-2)6-11(10)8-14/h3-7,10H,1-2H3. The molecule has 1 aliphatic carbocycles. The summed E-state index contributed by atoms with van der Waals surface area (Å²) in [5.74, 6) is 2.27. The van der Waals surface area contributed by atoms with E-state index in [4.69, 9.17) is 4.74 Å². The van der Waals surface area contributed by atoms with Gasteiger partial charge in [0.05, 0.1) is 12.7 Å². The van der Waals surface area contributed by atoms with Crippen LogP contribution in [0.3, 0.4) is 0 Å². The van der Waals surface area contributed by atoms with Crippen molar-refractivity contribution in [3.8, 4) is 0 Å². The van der Waals surface area contributed by atoms with Gasteiger partial charge in [-0.1, -0.05) is 12.2 Å². The third-order valence-corrected chi connectivity index (χ3v) is 2.11. The lowest BCUT2D eigenvalue weighted by molar-refractivity contribution is -0.104. The number of allylic oxidation sites excluding steroid dienone is 6. The SMILES string of the molecule is COC1=CC(=C=O)C(C=C(C)C=O)C=C1. The Bertz CT molecular complexity index is 393. The zero-order valence-electron chi connectivity index (χ0n) is 8.69. The van der Waals surface area contributed by atoms with Gasteiger partial charge >= 0.3 is 0 Å². The van der Waals surface area contributed by atoms with E-state index >= 15 is 0 Å². The Morgan fingerprint density at radius 3 is 2.87 bits per heavy atom. The molecule has 0 heterocycles. The van der Waals surface area contributed by atoms with E-state index in [1.807, 2.05) is 5.94 Å². The van der Waals surface area contributed by atoms with Gasteiger partial charge in [0.15, 0.2) is 0 Å². The molecule has 3 nitrogen and oxygen atoms in total. The van der Waals surface area contributed by atoms with Crippen molar-refractivity contribution in [2.45, 2.75) is 6.92 Å². The molecule has 0 fully saturated rings. The molecule has 0 saturated carbocycles. The van der Waals surface area contributed by atoms with Crippen molar-refractivity contribution < 1.29 is 14.3 Å². The second-order valence-electron chi connectivity index (χ2n) is 3.22. The van der Waals surface area contributed by atoms with Crippen LogP contribution in [0.25, 0.3) is 0 Å². The van der Waals surface area contributed by atoms with E-state index in [1.54, 1.807) is 31.2 Å². The molecular formula is C12H12O3. The van der Waals surface area contributed by atoms with Crippen molar-refractivity contribution in [1.29, 1.82) is 0 Å². The van der Waals surface area contributed by atoms with Gasteiger partial charge in [-0.25, -0.2) is 4.79 Å². The Labute approximate surface area is 88.4 Å². The summed E-state index contributed by atoms with van der Waals surface area (Å²) in [7, 11) is 1.53. The van der Waals surface area contributed by atoms with Crippen LogP contribution in [0.2, 0.25) is 0 Å². The Morgan fingerprint density at radius 1 is 1.60 bits per heavy atom. The van der Waals surface area contributed by atoms with E-state index < -0.39 is 0 Å². The Balaban J connectivity index is 2.98. The number of ether oxygens (including phenoxy) is 1. The highest BCUT2D eigenvalue weighted by atomic mass is 16.5. The fourth-order valence-corrected chi connectivity index (χ4v) is 1.29. The third-order valence-electron chi connectivity index (χ3n) is 2.11. The highest BCUT2D eigenvalue weighted by molar-refractivity contribution is 5.73. The van der Waals surface area contributed by atoms with E-state index in [0.29, 0.717) is 16.9 Å². The quantitative estimate of drug-likeness (QED) is 0.398. The Kier molecular flexibility index (Phi) is 3.83. The highest BCUT2D eigenvalue weighted by Gasteiger charge is 2.13. The maximum Gasteiger partial charge on any atom is 0.145 e. The molecule has 1 unspecified atom stereocenters. The lowest BCUT2D eigenvalue weighted by Crippen LogP contribution is -2.03. The maximum absolute atomic E-state index is 10.7. The fourth-order valence-electron chi connectivity index (χ4n) is 1.29. The van der Waals surface area contributed by atoms with Crippen LogP contribution < -0.4 is 0 Å². The number of hydrogen-bond donors (Lipinski definition) is 0. The zero-order valence-corrected chi connectivity index (χ0v) is 8.69. The highest BCUT2D eigenvalue weighted by Crippen LogP contribution is 2.22. The smallest absolute Gasteiger partial charge is 0.145 e. The minimum atomic E-state index is -0.188. The molecule has 0 aromatic carbocycles. The first kappa shape index (κ1) is 11.2. The van der Waals surface area contributed by atoms with Crippen LogP contribution in [0.5, 0.6) is 0 Å². The monoisotopic (exact) mass is 204 g/mol. The first-order valence-corrected chi connectivity index (χ1v) is 4.53. The van der Waals surface area contributed by atoms with Crippen molar-refractivity contribution in [2.75, 3.05) is 7.11 Å². The van der Waals surface area contributed by atoms with Crippen molar-refractivity contribution in [3.63, 3.8) is 0 Å². The predicted molar refractivity (Wildman–Crippen MR) is 56.7 cm³/mol. The van der Waals surface area contributed by atoms with Crippen molar-refractivity contribution in [3.05, 3.63) is 41.2 Å². The number of carbonyl (C=O) groups is 1. The molecule has 78 valence electrons. The summed E-state index contributed by atoms with van der Waals surface area (Å²) in [6.45, 7) is 1.69. The molecule has 0 bridgehead atoms. The molecule has 1 atom stereocenters. The molecule has 0 aliphatic heterocycles. The molecule has 1 aliphatic rings. The van der Waals surface area contributed by atoms with Gasteiger partial charge in [0.2, 0.25) is 0 Å². The average Bonchev–Trinajstić information content (AvgIpc) is 2.29. The van der Waals surface area contributed by atoms with Crippen molar-refractivity contribution >= 4 is 12.2 Å². The molecular weight excluding hydrogens is 192 g/mol. The van der Waals surface area contributed by atoms with Gasteiger partial charge in [0.1, 0.15) is 18.0 Å². The molecule has 0 amide bonds. The van der Waals surface area contributed by atoms with Crippen LogP contribution in [0, 0.1) is 5.92 Å². The predicted octanol–water partition coefficient (Wildman–Crippen LogP) is 1.61. The van der Waals surface area contributed by atoms with Gasteiger partial charge < -0.3 is 4.74 Å². The van der Waals surface area contributed by atoms with Gasteiger partial charge in [-0.3, -0.25) is 4.79 Å². The van der Waals surface area contributed by atoms with E-state index in [2.05, 4.69) is 0 Å². The molecule has 1 rings (SSSR count). The lowest BCUT2D eigenvalue weighted by atomic mass is 9.93. The average molecular weight is 204 g/mol. The Hall–Kier alpha value is -1.86. The number of carbonyl (C=O) groups excluding carboxylic acids is 2. The van der Waals surface area contributed by atoms with Gasteiger partial charge in [0.25, 0.3) is 0 Å². The molecule has 0 aromatic rings. The second-order valence-corrected chi connectivity index (χ2v) is 3.22. The number of hydrogen-bond acceptors (Lipinski definition) is 3. The summed E-state index contributed by atoms with van der Waals surface area (Å²) in [6.07, 6.45) is 7.65. The first-order chi connectivity index (χ1) is 7.21. The third kappa shape index (κ3) is 2.79. The van der Waals surface area contributed by atoms with Crippen molar-refractivity contribution in [2.24, 2.45) is 5.92 Å². The van der Waals surface area contributed by atoms with Crippen LogP contribution in [-0.2, 0) is 14.3 Å². The molecule has 3 heteroatoms. The summed E-state index contributed by atoms with van der Waals surface area (Å²) in [6, 6.07) is 0. The van der Waals surface area contributed by atoms with Crippen LogP contribution in [0.4, 0.5) is 0 Å². The van der Waals surface area contributed by atoms with Gasteiger partial charge in [-0.15, -0.1) is 0 Å². The topological polar surface area (TPSA) is 43.4 Å². The van der Waals surface area contributed by atoms with Crippen LogP contribution >= 0.6 is 0 Å². The van der Waals surface area contributed by atoms with Crippen molar-refractivity contribution in [1.82, 2.24) is 0 Å². The van der Waals surface area contributed by atoms with Crippen LogP contribution in [-0.4, -0.2) is 19.3 Å². The number of rotatable bonds is 3. The molecule has 0 saturated heterocycles. The summed E-state index contributed by atoms with van der Waals surface area (Å²) in [5, 5.41) is 0. The van der Waals surface area contributed by atoms with E-state index in [0.717, 1.165) is 6.29 Å². The minimum Gasteiger partial charge on any atom is -0.497 e. The first-order valence-electron chi connectivity index (χ1n) is 4.53. The minimum absolute atomic E-state index is 0.188. The molecule has 15 heavy (non-hydrogen) atoms. The molecule has 0 spiro atoms. The maximum atomic E-state index is 10.7. The van der Waals surface area contributed by atoms with Crippen LogP contribution in [0.1, 0.15) is 6.92 Å². The summed E-state index contributed by atoms with van der Waals surface area (Å²) in [5.41, 5.74) is 1.06. The van der Waals surface area contributed by atoms with Gasteiger partial charge in [0, 0.05) is 5.92 Å². The normalized spacial score (nSPS) is 20.7.